The van der Waals surface area contributed by atoms with Gasteiger partial charge in [0.15, 0.2) is 0 Å². The summed E-state index contributed by atoms with van der Waals surface area (Å²) >= 11 is 5.98. The highest BCUT2D eigenvalue weighted by Gasteiger charge is 2.31. The van der Waals surface area contributed by atoms with E-state index in [0.717, 1.165) is 23.8 Å². The molecule has 0 N–H and O–H groups in total. The van der Waals surface area contributed by atoms with Crippen molar-refractivity contribution in [2.24, 2.45) is 0 Å². The van der Waals surface area contributed by atoms with Gasteiger partial charge in [-0.15, -0.1) is 10.2 Å². The van der Waals surface area contributed by atoms with Crippen molar-refractivity contribution in [3.8, 4) is 0 Å². The first-order valence-corrected chi connectivity index (χ1v) is 7.22. The fraction of sp³-hybridized carbons (Fsp3) is 0.375. The summed E-state index contributed by atoms with van der Waals surface area (Å²) in [6.07, 6.45) is 4.24. The minimum atomic E-state index is 0.251. The zero-order chi connectivity index (χ0) is 14.1. The average molecular weight is 289 g/mol. The molecule has 4 heteroatoms. The Morgan fingerprint density at radius 1 is 1.10 bits per heavy atom. The Labute approximate surface area is 123 Å². The maximum absolute atomic E-state index is 5.98. The van der Waals surface area contributed by atoms with Gasteiger partial charge in [0, 0.05) is 17.9 Å². The molecule has 0 fully saturated rings. The van der Waals surface area contributed by atoms with E-state index in [9.17, 15) is 0 Å². The van der Waals surface area contributed by atoms with E-state index in [2.05, 4.69) is 35.3 Å². The molecule has 0 saturated heterocycles. The molecule has 1 heterocycles. The van der Waals surface area contributed by atoms with E-state index in [1.807, 2.05) is 19.1 Å². The number of aromatic nitrogens is 2. The molecular weight excluding hydrogens is 272 g/mol. The number of hydrogen-bond donors (Lipinski definition) is 0. The Hall–Kier alpha value is -1.61. The number of rotatable bonds is 2. The number of allylic oxidation sites excluding steroid dienone is 2. The molecule has 0 saturated carbocycles. The topological polar surface area (TPSA) is 38.9 Å². The molecule has 0 radical (unpaired) electrons. The van der Waals surface area contributed by atoms with E-state index >= 15 is 0 Å². The zero-order valence-corrected chi connectivity index (χ0v) is 12.4. The van der Waals surface area contributed by atoms with Crippen LogP contribution in [0.2, 0.25) is 5.02 Å². The van der Waals surface area contributed by atoms with Crippen LogP contribution < -0.4 is 0 Å². The van der Waals surface area contributed by atoms with Crippen molar-refractivity contribution < 1.29 is 4.42 Å². The Morgan fingerprint density at radius 3 is 2.50 bits per heavy atom. The van der Waals surface area contributed by atoms with E-state index in [0.29, 0.717) is 11.8 Å². The number of hydrogen-bond acceptors (Lipinski definition) is 3. The maximum Gasteiger partial charge on any atom is 0.220 e. The molecule has 104 valence electrons. The lowest BCUT2D eigenvalue weighted by Gasteiger charge is -2.28. The van der Waals surface area contributed by atoms with Crippen LogP contribution in [-0.4, -0.2) is 10.2 Å². The van der Waals surface area contributed by atoms with Crippen molar-refractivity contribution in [2.75, 3.05) is 0 Å². The van der Waals surface area contributed by atoms with E-state index in [1.54, 1.807) is 0 Å². The second-order valence-electron chi connectivity index (χ2n) is 5.41. The largest absolute Gasteiger partial charge is 0.425 e. The second-order valence-corrected chi connectivity index (χ2v) is 5.85. The Balaban J connectivity index is 1.96. The van der Waals surface area contributed by atoms with Gasteiger partial charge in [-0.2, -0.15) is 0 Å². The highest BCUT2D eigenvalue weighted by molar-refractivity contribution is 6.30. The SMILES string of the molecule is CC1=CC[C@@H](c2nnc(C)o2)[C@@H](c2ccc(Cl)cc2)C1. The third-order valence-corrected chi connectivity index (χ3v) is 4.16. The van der Waals surface area contributed by atoms with Crippen molar-refractivity contribution in [1.82, 2.24) is 10.2 Å². The summed E-state index contributed by atoms with van der Waals surface area (Å²) in [7, 11) is 0. The van der Waals surface area contributed by atoms with E-state index in [4.69, 9.17) is 16.0 Å². The summed E-state index contributed by atoms with van der Waals surface area (Å²) in [5.41, 5.74) is 2.69. The Morgan fingerprint density at radius 2 is 1.85 bits per heavy atom. The van der Waals surface area contributed by atoms with Gasteiger partial charge in [0.1, 0.15) is 0 Å². The first-order valence-electron chi connectivity index (χ1n) is 6.84. The molecule has 20 heavy (non-hydrogen) atoms. The minimum absolute atomic E-state index is 0.251. The molecule has 0 bridgehead atoms. The van der Waals surface area contributed by atoms with Crippen LogP contribution in [0.4, 0.5) is 0 Å². The van der Waals surface area contributed by atoms with Gasteiger partial charge < -0.3 is 4.42 Å². The molecular formula is C16H17ClN2O. The Bertz CT molecular complexity index is 630. The lowest BCUT2D eigenvalue weighted by molar-refractivity contribution is 0.381. The fourth-order valence-corrected chi connectivity index (χ4v) is 2.99. The molecule has 0 spiro atoms. The third kappa shape index (κ3) is 2.63. The van der Waals surface area contributed by atoms with Crippen LogP contribution in [0.25, 0.3) is 0 Å². The number of nitrogens with zero attached hydrogens (tertiary/aromatic N) is 2. The van der Waals surface area contributed by atoms with Crippen LogP contribution in [-0.2, 0) is 0 Å². The summed E-state index contributed by atoms with van der Waals surface area (Å²) in [6, 6.07) is 8.09. The lowest BCUT2D eigenvalue weighted by atomic mass is 9.76. The van der Waals surface area contributed by atoms with Gasteiger partial charge in [-0.25, -0.2) is 0 Å². The molecule has 0 aliphatic heterocycles. The van der Waals surface area contributed by atoms with Gasteiger partial charge in [0.2, 0.25) is 11.8 Å². The highest BCUT2D eigenvalue weighted by Crippen LogP contribution is 2.43. The van der Waals surface area contributed by atoms with Gasteiger partial charge in [-0.1, -0.05) is 35.4 Å². The first-order chi connectivity index (χ1) is 9.63. The van der Waals surface area contributed by atoms with Gasteiger partial charge in [-0.05, 0) is 43.4 Å². The van der Waals surface area contributed by atoms with Crippen molar-refractivity contribution in [1.29, 1.82) is 0 Å². The molecule has 1 aliphatic rings. The minimum Gasteiger partial charge on any atom is -0.425 e. The van der Waals surface area contributed by atoms with Gasteiger partial charge in [0.25, 0.3) is 0 Å². The monoisotopic (exact) mass is 288 g/mol. The molecule has 1 aromatic heterocycles. The van der Waals surface area contributed by atoms with Crippen LogP contribution in [0.3, 0.4) is 0 Å². The van der Waals surface area contributed by atoms with Crippen molar-refractivity contribution >= 4 is 11.6 Å². The molecule has 1 aromatic carbocycles. The van der Waals surface area contributed by atoms with E-state index in [-0.39, 0.29) is 5.92 Å². The molecule has 1 aliphatic carbocycles. The fourth-order valence-electron chi connectivity index (χ4n) is 2.86. The molecule has 2 atom stereocenters. The predicted molar refractivity (Wildman–Crippen MR) is 79.0 cm³/mol. The van der Waals surface area contributed by atoms with Crippen molar-refractivity contribution in [3.05, 3.63) is 58.3 Å². The van der Waals surface area contributed by atoms with Crippen LogP contribution in [0.15, 0.2) is 40.3 Å². The van der Waals surface area contributed by atoms with Crippen molar-refractivity contribution in [2.45, 2.75) is 38.5 Å². The molecule has 3 nitrogen and oxygen atoms in total. The van der Waals surface area contributed by atoms with Crippen LogP contribution in [0.5, 0.6) is 0 Å². The molecule has 0 amide bonds. The number of aryl methyl sites for hydroxylation is 1. The summed E-state index contributed by atoms with van der Waals surface area (Å²) in [6.45, 7) is 4.01. The van der Waals surface area contributed by atoms with Crippen LogP contribution in [0, 0.1) is 6.92 Å². The maximum atomic E-state index is 5.98. The standard InChI is InChI=1S/C16H17ClN2O/c1-10-3-8-14(16-19-18-11(2)20-16)15(9-10)12-4-6-13(17)7-5-12/h3-7,14-15H,8-9H2,1-2H3/t14-,15-/m1/s1. The highest BCUT2D eigenvalue weighted by atomic mass is 35.5. The first kappa shape index (κ1) is 13.4. The second kappa shape index (κ2) is 5.41. The molecule has 3 rings (SSSR count). The Kier molecular flexibility index (Phi) is 3.62. The molecule has 0 unspecified atom stereocenters. The normalized spacial score (nSPS) is 22.6. The smallest absolute Gasteiger partial charge is 0.220 e. The summed E-state index contributed by atoms with van der Waals surface area (Å²) in [4.78, 5) is 0. The average Bonchev–Trinajstić information content (AvgIpc) is 2.86. The third-order valence-electron chi connectivity index (χ3n) is 3.90. The predicted octanol–water partition coefficient (Wildman–Crippen LogP) is 4.64. The number of benzene rings is 1. The van der Waals surface area contributed by atoms with Crippen molar-refractivity contribution in [3.63, 3.8) is 0 Å². The van der Waals surface area contributed by atoms with Gasteiger partial charge in [0.05, 0.1) is 0 Å². The zero-order valence-electron chi connectivity index (χ0n) is 11.6. The van der Waals surface area contributed by atoms with Gasteiger partial charge in [-0.3, -0.25) is 0 Å². The van der Waals surface area contributed by atoms with E-state index < -0.39 is 0 Å². The quantitative estimate of drug-likeness (QED) is 0.756. The summed E-state index contributed by atoms with van der Waals surface area (Å²) < 4.78 is 5.66. The van der Waals surface area contributed by atoms with Crippen LogP contribution in [0.1, 0.15) is 48.9 Å². The van der Waals surface area contributed by atoms with Crippen LogP contribution >= 0.6 is 11.6 Å². The molecule has 2 aromatic rings. The van der Waals surface area contributed by atoms with E-state index in [1.165, 1.54) is 11.1 Å². The number of halogens is 1. The lowest BCUT2D eigenvalue weighted by Crippen LogP contribution is -2.15. The summed E-state index contributed by atoms with van der Waals surface area (Å²) in [5.74, 6) is 1.99. The van der Waals surface area contributed by atoms with Gasteiger partial charge >= 0.3 is 0 Å². The summed E-state index contributed by atoms with van der Waals surface area (Å²) in [5, 5.41) is 8.95.